The van der Waals surface area contributed by atoms with Gasteiger partial charge in [-0.1, -0.05) is 19.1 Å². The molecule has 1 aromatic rings. The van der Waals surface area contributed by atoms with Crippen LogP contribution in [0.5, 0.6) is 5.75 Å². The Labute approximate surface area is 177 Å². The molecule has 0 aliphatic carbocycles. The first-order chi connectivity index (χ1) is 14.3. The third-order valence-corrected chi connectivity index (χ3v) is 5.91. The largest absolute Gasteiger partial charge is 0.461 e. The van der Waals surface area contributed by atoms with E-state index >= 15 is 0 Å². The number of fused-ring (bicyclic) bond motifs is 1. The molecule has 1 saturated heterocycles. The normalized spacial score (nSPS) is 20.2. The second-order valence-corrected chi connectivity index (χ2v) is 7.82. The minimum atomic E-state index is -0.691. The Balaban J connectivity index is 1.70. The van der Waals surface area contributed by atoms with Crippen molar-refractivity contribution in [3.8, 4) is 5.75 Å². The zero-order valence-corrected chi connectivity index (χ0v) is 17.4. The average Bonchev–Trinajstić information content (AvgIpc) is 2.75. The number of β-lactam (4-membered cyclic amide) rings is 1. The first kappa shape index (κ1) is 21.8. The van der Waals surface area contributed by atoms with Gasteiger partial charge in [0.2, 0.25) is 5.91 Å². The van der Waals surface area contributed by atoms with Gasteiger partial charge in [0, 0.05) is 24.7 Å². The van der Waals surface area contributed by atoms with E-state index < -0.39 is 18.0 Å². The number of esters is 3. The molecule has 0 bridgehead atoms. The van der Waals surface area contributed by atoms with Gasteiger partial charge in [-0.2, -0.15) is 0 Å². The Kier molecular flexibility index (Phi) is 6.78. The van der Waals surface area contributed by atoms with Gasteiger partial charge < -0.3 is 19.9 Å². The number of thioether (sulfide) groups is 1. The third kappa shape index (κ3) is 4.65. The van der Waals surface area contributed by atoms with Crippen LogP contribution in [0.2, 0.25) is 0 Å². The number of benzene rings is 1. The lowest BCUT2D eigenvalue weighted by Gasteiger charge is -2.48. The molecule has 1 fully saturated rings. The molecule has 2 N–H and O–H groups in total. The maximum Gasteiger partial charge on any atom is 0.355 e. The number of amides is 1. The molecule has 9 nitrogen and oxygen atoms in total. The summed E-state index contributed by atoms with van der Waals surface area (Å²) in [6, 6.07) is 5.88. The van der Waals surface area contributed by atoms with Gasteiger partial charge in [-0.3, -0.25) is 19.3 Å². The molecular weight excluding hydrogens is 412 g/mol. The highest BCUT2D eigenvalue weighted by Crippen LogP contribution is 2.39. The van der Waals surface area contributed by atoms with E-state index in [0.29, 0.717) is 22.6 Å². The Bertz CT molecular complexity index is 897. The molecule has 160 valence electrons. The summed E-state index contributed by atoms with van der Waals surface area (Å²) in [5, 5.41) is -0.339. The molecule has 0 aromatic heterocycles. The molecular formula is C20H22N2O7S. The summed E-state index contributed by atoms with van der Waals surface area (Å²) in [6.07, 6.45) is 0.266. The fourth-order valence-corrected chi connectivity index (χ4v) is 4.22. The van der Waals surface area contributed by atoms with Crippen LogP contribution >= 0.6 is 11.8 Å². The molecule has 0 saturated carbocycles. The molecule has 30 heavy (non-hydrogen) atoms. The van der Waals surface area contributed by atoms with Crippen molar-refractivity contribution in [3.05, 3.63) is 41.1 Å². The van der Waals surface area contributed by atoms with Crippen molar-refractivity contribution in [2.24, 2.45) is 5.73 Å². The standard InChI is InChI=1S/C20H22N2O7S/c1-3-15(24)29-14-6-4-12(5-7-14)8-28-20(26)17-13(9-27-11(2)23)10-30-19-16(21)18(25)22(17)19/h4-7,16,19H,3,8-10,21H2,1-2H3. The number of hydrogen-bond donors (Lipinski definition) is 1. The molecule has 2 aliphatic rings. The number of nitrogens with zero attached hydrogens (tertiary/aromatic N) is 1. The SMILES string of the molecule is CCC(=O)Oc1ccc(COC(=O)C2=C(COC(C)=O)CSC3C(N)C(=O)N23)cc1. The molecule has 10 heteroatoms. The summed E-state index contributed by atoms with van der Waals surface area (Å²) in [4.78, 5) is 48.8. The Hall–Kier alpha value is -2.85. The summed E-state index contributed by atoms with van der Waals surface area (Å²) in [7, 11) is 0. The topological polar surface area (TPSA) is 125 Å². The Morgan fingerprint density at radius 3 is 2.50 bits per heavy atom. The summed E-state index contributed by atoms with van der Waals surface area (Å²) in [6.45, 7) is 2.82. The number of nitrogens with two attached hydrogens (primary N) is 1. The lowest BCUT2D eigenvalue weighted by Crippen LogP contribution is -2.68. The van der Waals surface area contributed by atoms with Crippen LogP contribution in [0.15, 0.2) is 35.5 Å². The molecule has 1 amide bonds. The van der Waals surface area contributed by atoms with E-state index in [0.717, 1.165) is 0 Å². The maximum atomic E-state index is 12.8. The van der Waals surface area contributed by atoms with Crippen molar-refractivity contribution < 1.29 is 33.4 Å². The lowest BCUT2D eigenvalue weighted by atomic mass is 10.0. The maximum absolute atomic E-state index is 12.8. The molecule has 1 aromatic carbocycles. The van der Waals surface area contributed by atoms with Crippen LogP contribution in [-0.2, 0) is 35.3 Å². The minimum absolute atomic E-state index is 0.0446. The van der Waals surface area contributed by atoms with E-state index in [9.17, 15) is 19.2 Å². The van der Waals surface area contributed by atoms with Crippen LogP contribution in [0.4, 0.5) is 0 Å². The summed E-state index contributed by atoms with van der Waals surface area (Å²) >= 11 is 1.41. The first-order valence-corrected chi connectivity index (χ1v) is 10.4. The van der Waals surface area contributed by atoms with Crippen molar-refractivity contribution in [1.29, 1.82) is 0 Å². The number of carbonyl (C=O) groups is 4. The molecule has 0 radical (unpaired) electrons. The molecule has 2 heterocycles. The highest BCUT2D eigenvalue weighted by molar-refractivity contribution is 8.00. The average molecular weight is 434 g/mol. The van der Waals surface area contributed by atoms with Gasteiger partial charge in [0.05, 0.1) is 0 Å². The molecule has 2 unspecified atom stereocenters. The monoisotopic (exact) mass is 434 g/mol. The van der Waals surface area contributed by atoms with Crippen molar-refractivity contribution >= 4 is 35.6 Å². The molecule has 2 atom stereocenters. The van der Waals surface area contributed by atoms with Gasteiger partial charge in [0.1, 0.15) is 36.1 Å². The molecule has 2 aliphatic heterocycles. The fraction of sp³-hybridized carbons (Fsp3) is 0.400. The summed E-state index contributed by atoms with van der Waals surface area (Å²) in [5.41, 5.74) is 7.08. The van der Waals surface area contributed by atoms with Crippen LogP contribution in [0.25, 0.3) is 0 Å². The fourth-order valence-electron chi connectivity index (χ4n) is 2.94. The number of rotatable bonds is 7. The Morgan fingerprint density at radius 1 is 1.17 bits per heavy atom. The highest BCUT2D eigenvalue weighted by Gasteiger charge is 2.52. The van der Waals surface area contributed by atoms with Crippen LogP contribution in [0.1, 0.15) is 25.8 Å². The predicted octanol–water partition coefficient (Wildman–Crippen LogP) is 1.10. The van der Waals surface area contributed by atoms with Gasteiger partial charge in [-0.15, -0.1) is 11.8 Å². The number of ether oxygens (including phenoxy) is 3. The quantitative estimate of drug-likeness (QED) is 0.381. The van der Waals surface area contributed by atoms with Crippen LogP contribution in [0, 0.1) is 0 Å². The van der Waals surface area contributed by atoms with E-state index in [1.807, 2.05) is 0 Å². The van der Waals surface area contributed by atoms with Crippen molar-refractivity contribution in [2.45, 2.75) is 38.3 Å². The van der Waals surface area contributed by atoms with E-state index in [-0.39, 0.29) is 42.6 Å². The highest BCUT2D eigenvalue weighted by atomic mass is 32.2. The second kappa shape index (κ2) is 9.31. The van der Waals surface area contributed by atoms with Gasteiger partial charge in [0.25, 0.3) is 0 Å². The third-order valence-electron chi connectivity index (χ3n) is 4.55. The van der Waals surface area contributed by atoms with Crippen molar-refractivity contribution in [3.63, 3.8) is 0 Å². The number of hydrogen-bond acceptors (Lipinski definition) is 9. The number of carbonyl (C=O) groups excluding carboxylic acids is 4. The van der Waals surface area contributed by atoms with E-state index in [1.165, 1.54) is 23.6 Å². The minimum Gasteiger partial charge on any atom is -0.461 e. The van der Waals surface area contributed by atoms with Gasteiger partial charge >= 0.3 is 17.9 Å². The smallest absolute Gasteiger partial charge is 0.355 e. The van der Waals surface area contributed by atoms with Crippen LogP contribution in [0.3, 0.4) is 0 Å². The van der Waals surface area contributed by atoms with Crippen molar-refractivity contribution in [1.82, 2.24) is 4.90 Å². The first-order valence-electron chi connectivity index (χ1n) is 9.34. The van der Waals surface area contributed by atoms with Gasteiger partial charge in [-0.25, -0.2) is 4.79 Å². The predicted molar refractivity (Wildman–Crippen MR) is 107 cm³/mol. The zero-order valence-electron chi connectivity index (χ0n) is 16.6. The van der Waals surface area contributed by atoms with E-state index in [2.05, 4.69) is 0 Å². The lowest BCUT2D eigenvalue weighted by molar-refractivity contribution is -0.151. The van der Waals surface area contributed by atoms with Gasteiger partial charge in [-0.05, 0) is 17.7 Å². The van der Waals surface area contributed by atoms with Gasteiger partial charge in [0.15, 0.2) is 0 Å². The summed E-state index contributed by atoms with van der Waals surface area (Å²) in [5.74, 6) is -1.10. The van der Waals surface area contributed by atoms with Crippen LogP contribution < -0.4 is 10.5 Å². The zero-order chi connectivity index (χ0) is 21.8. The molecule has 0 spiro atoms. The molecule has 3 rings (SSSR count). The summed E-state index contributed by atoms with van der Waals surface area (Å²) < 4.78 is 15.5. The van der Waals surface area contributed by atoms with Crippen LogP contribution in [-0.4, -0.2) is 52.5 Å². The van der Waals surface area contributed by atoms with E-state index in [1.54, 1.807) is 31.2 Å². The Morgan fingerprint density at radius 2 is 1.87 bits per heavy atom. The second-order valence-electron chi connectivity index (χ2n) is 6.72. The van der Waals surface area contributed by atoms with Crippen molar-refractivity contribution in [2.75, 3.05) is 12.4 Å². The van der Waals surface area contributed by atoms with E-state index in [4.69, 9.17) is 19.9 Å².